The molecular formula is C18H23N3O4. The van der Waals surface area contributed by atoms with Crippen LogP contribution in [0.3, 0.4) is 0 Å². The minimum Gasteiger partial charge on any atom is -0.493 e. The Hall–Kier alpha value is -2.83. The van der Waals surface area contributed by atoms with Crippen molar-refractivity contribution in [3.63, 3.8) is 0 Å². The fourth-order valence-electron chi connectivity index (χ4n) is 2.31. The molecule has 1 heterocycles. The minimum absolute atomic E-state index is 0.0760. The maximum Gasteiger partial charge on any atom is 0.309 e. The van der Waals surface area contributed by atoms with Gasteiger partial charge in [-0.2, -0.15) is 5.10 Å². The highest BCUT2D eigenvalue weighted by Crippen LogP contribution is 2.18. The number of anilines is 1. The summed E-state index contributed by atoms with van der Waals surface area (Å²) in [6, 6.07) is 7.56. The van der Waals surface area contributed by atoms with E-state index in [1.165, 1.54) is 0 Å². The average molecular weight is 345 g/mol. The van der Waals surface area contributed by atoms with Gasteiger partial charge in [-0.05, 0) is 32.4 Å². The smallest absolute Gasteiger partial charge is 0.309 e. The van der Waals surface area contributed by atoms with Gasteiger partial charge < -0.3 is 14.8 Å². The van der Waals surface area contributed by atoms with E-state index in [0.29, 0.717) is 11.4 Å². The van der Waals surface area contributed by atoms with E-state index in [9.17, 15) is 9.59 Å². The molecule has 25 heavy (non-hydrogen) atoms. The van der Waals surface area contributed by atoms with E-state index in [0.717, 1.165) is 17.0 Å². The minimum atomic E-state index is -0.483. The molecule has 1 N–H and O–H groups in total. The SMILES string of the molecule is Cc1ccccc1OCCC(=O)OCC(=O)Nc1c(C)nn(C)c1C. The number of aryl methyl sites for hydroxylation is 3. The summed E-state index contributed by atoms with van der Waals surface area (Å²) < 4.78 is 12.2. The third-order valence-electron chi connectivity index (χ3n) is 3.80. The lowest BCUT2D eigenvalue weighted by atomic mass is 10.2. The molecular weight excluding hydrogens is 322 g/mol. The number of rotatable bonds is 7. The normalized spacial score (nSPS) is 10.4. The maximum absolute atomic E-state index is 11.9. The second-order valence-electron chi connectivity index (χ2n) is 5.74. The molecule has 2 rings (SSSR count). The standard InChI is InChI=1S/C18H23N3O4/c1-12-7-5-6-8-15(12)24-10-9-17(23)25-11-16(22)19-18-13(2)20-21(4)14(18)3/h5-8H,9-11H2,1-4H3,(H,19,22). The zero-order chi connectivity index (χ0) is 18.4. The van der Waals surface area contributed by atoms with E-state index in [4.69, 9.17) is 9.47 Å². The summed E-state index contributed by atoms with van der Waals surface area (Å²) in [5.41, 5.74) is 3.19. The summed E-state index contributed by atoms with van der Waals surface area (Å²) in [7, 11) is 1.80. The van der Waals surface area contributed by atoms with Gasteiger partial charge in [0.2, 0.25) is 0 Å². The highest BCUT2D eigenvalue weighted by Gasteiger charge is 2.14. The quantitative estimate of drug-likeness (QED) is 0.779. The topological polar surface area (TPSA) is 82.4 Å². The van der Waals surface area contributed by atoms with Crippen LogP contribution >= 0.6 is 0 Å². The highest BCUT2D eigenvalue weighted by molar-refractivity contribution is 5.93. The van der Waals surface area contributed by atoms with Crippen molar-refractivity contribution in [2.24, 2.45) is 7.05 Å². The number of nitrogens with zero attached hydrogens (tertiary/aromatic N) is 2. The zero-order valence-corrected chi connectivity index (χ0v) is 15.0. The number of ether oxygens (including phenoxy) is 2. The molecule has 0 atom stereocenters. The molecule has 0 saturated carbocycles. The second-order valence-corrected chi connectivity index (χ2v) is 5.74. The van der Waals surface area contributed by atoms with Gasteiger partial charge in [-0.25, -0.2) is 0 Å². The Balaban J connectivity index is 1.72. The fraction of sp³-hybridized carbons (Fsp3) is 0.389. The summed E-state index contributed by atoms with van der Waals surface area (Å²) in [6.45, 7) is 5.45. The van der Waals surface area contributed by atoms with E-state index >= 15 is 0 Å². The van der Waals surface area contributed by atoms with Crippen molar-refractivity contribution in [3.05, 3.63) is 41.2 Å². The lowest BCUT2D eigenvalue weighted by Crippen LogP contribution is -2.22. The van der Waals surface area contributed by atoms with E-state index < -0.39 is 11.9 Å². The van der Waals surface area contributed by atoms with Crippen LogP contribution in [0.2, 0.25) is 0 Å². The molecule has 0 spiro atoms. The van der Waals surface area contributed by atoms with Crippen molar-refractivity contribution in [2.75, 3.05) is 18.5 Å². The molecule has 1 aromatic carbocycles. The average Bonchev–Trinajstić information content (AvgIpc) is 2.81. The Morgan fingerprint density at radius 1 is 1.20 bits per heavy atom. The lowest BCUT2D eigenvalue weighted by molar-refractivity contribution is -0.147. The van der Waals surface area contributed by atoms with Crippen LogP contribution in [0.25, 0.3) is 0 Å². The van der Waals surface area contributed by atoms with E-state index in [-0.39, 0.29) is 19.6 Å². The number of hydrogen-bond donors (Lipinski definition) is 1. The van der Waals surface area contributed by atoms with Gasteiger partial charge in [-0.1, -0.05) is 18.2 Å². The first-order valence-corrected chi connectivity index (χ1v) is 8.02. The maximum atomic E-state index is 11.9. The van der Waals surface area contributed by atoms with Crippen molar-refractivity contribution < 1.29 is 19.1 Å². The van der Waals surface area contributed by atoms with Crippen LogP contribution in [0, 0.1) is 20.8 Å². The number of benzene rings is 1. The van der Waals surface area contributed by atoms with Crippen molar-refractivity contribution in [1.82, 2.24) is 9.78 Å². The zero-order valence-electron chi connectivity index (χ0n) is 15.0. The van der Waals surface area contributed by atoms with E-state index in [1.54, 1.807) is 18.7 Å². The molecule has 7 heteroatoms. The molecule has 7 nitrogen and oxygen atoms in total. The van der Waals surface area contributed by atoms with Gasteiger partial charge in [0.05, 0.1) is 30.1 Å². The Morgan fingerprint density at radius 3 is 2.56 bits per heavy atom. The molecule has 1 aromatic heterocycles. The molecule has 0 aliphatic rings. The van der Waals surface area contributed by atoms with Gasteiger partial charge in [0, 0.05) is 7.05 Å². The summed E-state index contributed by atoms with van der Waals surface area (Å²) >= 11 is 0. The number of carbonyl (C=O) groups excluding carboxylic acids is 2. The van der Waals surface area contributed by atoms with Crippen LogP contribution in [0.15, 0.2) is 24.3 Å². The lowest BCUT2D eigenvalue weighted by Gasteiger charge is -2.09. The largest absolute Gasteiger partial charge is 0.493 e. The third-order valence-corrected chi connectivity index (χ3v) is 3.80. The number of esters is 1. The van der Waals surface area contributed by atoms with Crippen LogP contribution in [0.4, 0.5) is 5.69 Å². The third kappa shape index (κ3) is 5.07. The molecule has 134 valence electrons. The summed E-state index contributed by atoms with van der Waals surface area (Å²) in [5, 5.41) is 6.93. The van der Waals surface area contributed by atoms with Crippen LogP contribution in [0.5, 0.6) is 5.75 Å². The molecule has 0 unspecified atom stereocenters. The Kier molecular flexibility index (Phi) is 6.16. The van der Waals surface area contributed by atoms with Gasteiger partial charge in [0.25, 0.3) is 5.91 Å². The number of nitrogens with one attached hydrogen (secondary N) is 1. The monoisotopic (exact) mass is 345 g/mol. The van der Waals surface area contributed by atoms with Gasteiger partial charge >= 0.3 is 5.97 Å². The number of amides is 1. The fourth-order valence-corrected chi connectivity index (χ4v) is 2.31. The number of carbonyl (C=O) groups is 2. The van der Waals surface area contributed by atoms with Crippen LogP contribution in [0.1, 0.15) is 23.4 Å². The number of aromatic nitrogens is 2. The molecule has 0 aliphatic carbocycles. The molecule has 2 aromatic rings. The Bertz CT molecular complexity index is 768. The predicted octanol–water partition coefficient (Wildman–Crippen LogP) is 2.30. The predicted molar refractivity (Wildman–Crippen MR) is 93.6 cm³/mol. The van der Waals surface area contributed by atoms with Gasteiger partial charge in [0.15, 0.2) is 6.61 Å². The number of para-hydroxylation sites is 1. The summed E-state index contributed by atoms with van der Waals surface area (Å²) in [5.74, 6) is -0.147. The first-order chi connectivity index (χ1) is 11.9. The van der Waals surface area contributed by atoms with Gasteiger partial charge in [-0.3, -0.25) is 14.3 Å². The van der Waals surface area contributed by atoms with Gasteiger partial charge in [-0.15, -0.1) is 0 Å². The van der Waals surface area contributed by atoms with Crippen molar-refractivity contribution in [1.29, 1.82) is 0 Å². The van der Waals surface area contributed by atoms with Crippen LogP contribution in [-0.2, 0) is 21.4 Å². The number of hydrogen-bond acceptors (Lipinski definition) is 5. The molecule has 0 aliphatic heterocycles. The van der Waals surface area contributed by atoms with Crippen molar-refractivity contribution >= 4 is 17.6 Å². The molecule has 0 bridgehead atoms. The second kappa shape index (κ2) is 8.32. The Labute approximate surface area is 146 Å². The molecule has 0 radical (unpaired) electrons. The molecule has 1 amide bonds. The molecule has 0 saturated heterocycles. The molecule has 0 fully saturated rings. The van der Waals surface area contributed by atoms with Crippen LogP contribution < -0.4 is 10.1 Å². The summed E-state index contributed by atoms with van der Waals surface area (Å²) in [4.78, 5) is 23.6. The van der Waals surface area contributed by atoms with Gasteiger partial charge in [0.1, 0.15) is 5.75 Å². The van der Waals surface area contributed by atoms with E-state index in [1.807, 2.05) is 38.1 Å². The van der Waals surface area contributed by atoms with Crippen molar-refractivity contribution in [3.8, 4) is 5.75 Å². The van der Waals surface area contributed by atoms with E-state index in [2.05, 4.69) is 10.4 Å². The van der Waals surface area contributed by atoms with Crippen molar-refractivity contribution in [2.45, 2.75) is 27.2 Å². The highest BCUT2D eigenvalue weighted by atomic mass is 16.5. The Morgan fingerprint density at radius 2 is 1.92 bits per heavy atom. The first kappa shape index (κ1) is 18.5. The van der Waals surface area contributed by atoms with Crippen LogP contribution in [-0.4, -0.2) is 34.9 Å². The summed E-state index contributed by atoms with van der Waals surface area (Å²) in [6.07, 6.45) is 0.0760. The first-order valence-electron chi connectivity index (χ1n) is 8.02.